The Morgan fingerprint density at radius 3 is 2.32 bits per heavy atom. The number of nitrogens with zero attached hydrogens (tertiary/aromatic N) is 2. The zero-order chi connectivity index (χ0) is 22.8. The van der Waals surface area contributed by atoms with Crippen molar-refractivity contribution in [3.05, 3.63) is 58.0 Å². The van der Waals surface area contributed by atoms with Gasteiger partial charge in [-0.2, -0.15) is 0 Å². The van der Waals surface area contributed by atoms with E-state index in [0.29, 0.717) is 22.7 Å². The zero-order valence-electron chi connectivity index (χ0n) is 19.3. The summed E-state index contributed by atoms with van der Waals surface area (Å²) in [5.41, 5.74) is 1.78. The third-order valence-electron chi connectivity index (χ3n) is 5.58. The van der Waals surface area contributed by atoms with Gasteiger partial charge in [0.1, 0.15) is 11.3 Å². The Kier molecular flexibility index (Phi) is 6.39. The van der Waals surface area contributed by atoms with E-state index >= 15 is 0 Å². The topological polar surface area (TPSA) is 78.4 Å². The van der Waals surface area contributed by atoms with Gasteiger partial charge in [-0.05, 0) is 29.5 Å². The van der Waals surface area contributed by atoms with E-state index in [9.17, 15) is 10.1 Å². The number of hydrogen-bond donors (Lipinski definition) is 0. The molecule has 0 radical (unpaired) electrons. The van der Waals surface area contributed by atoms with E-state index in [1.165, 1.54) is 30.9 Å². The predicted octanol–water partition coefficient (Wildman–Crippen LogP) is 7.68. The van der Waals surface area contributed by atoms with E-state index in [2.05, 4.69) is 25.8 Å². The van der Waals surface area contributed by atoms with Gasteiger partial charge in [0.05, 0.1) is 11.0 Å². The Hall–Kier alpha value is -2.89. The number of oxazole rings is 1. The molecule has 1 aromatic heterocycles. The molecule has 6 heteroatoms. The van der Waals surface area contributed by atoms with Crippen molar-refractivity contribution in [3.8, 4) is 11.5 Å². The first-order valence-electron chi connectivity index (χ1n) is 10.9. The lowest BCUT2D eigenvalue weighted by Crippen LogP contribution is -2.16. The molecule has 0 fully saturated rings. The van der Waals surface area contributed by atoms with Crippen LogP contribution >= 0.6 is 0 Å². The number of unbranched alkanes of at least 4 members (excludes halogenated alkanes) is 2. The highest BCUT2D eigenvalue weighted by Crippen LogP contribution is 2.38. The normalized spacial score (nSPS) is 12.3. The minimum atomic E-state index is -0.459. The average Bonchev–Trinajstić information content (AvgIpc) is 3.11. The van der Waals surface area contributed by atoms with Crippen LogP contribution in [0.4, 0.5) is 5.69 Å². The summed E-state index contributed by atoms with van der Waals surface area (Å²) in [5, 5.41) is 11.6. The van der Waals surface area contributed by atoms with Gasteiger partial charge in [0, 0.05) is 11.5 Å². The molecule has 0 amide bonds. The number of nitro groups is 1. The van der Waals surface area contributed by atoms with Crippen molar-refractivity contribution < 1.29 is 14.1 Å². The molecule has 3 rings (SSSR count). The average molecular weight is 425 g/mol. The molecule has 0 bridgehead atoms. The monoisotopic (exact) mass is 424 g/mol. The molecule has 0 spiro atoms. The first-order chi connectivity index (χ1) is 14.5. The lowest BCUT2D eigenvalue weighted by molar-refractivity contribution is -0.385. The van der Waals surface area contributed by atoms with Crippen LogP contribution in [-0.4, -0.2) is 9.91 Å². The molecule has 166 valence electrons. The standard InChI is InChI=1S/C25H32N2O4/c1-7-8-9-14-25(5,6)17-10-12-18(13-11-17)30-22-15-19-21(16-20(22)27(28)29)31-23(26-19)24(2,3)4/h10-13,15-16H,7-9,14H2,1-6H3. The molecule has 0 aliphatic rings. The minimum absolute atomic E-state index is 0.0721. The third kappa shape index (κ3) is 5.24. The maximum Gasteiger partial charge on any atom is 0.315 e. The second-order valence-corrected chi connectivity index (χ2v) is 9.78. The minimum Gasteiger partial charge on any atom is -0.450 e. The molecule has 0 unspecified atom stereocenters. The van der Waals surface area contributed by atoms with Crippen molar-refractivity contribution in [1.82, 2.24) is 4.98 Å². The molecular weight excluding hydrogens is 392 g/mol. The van der Waals surface area contributed by atoms with Crippen LogP contribution in [0.3, 0.4) is 0 Å². The van der Waals surface area contributed by atoms with Crippen molar-refractivity contribution in [3.63, 3.8) is 0 Å². The van der Waals surface area contributed by atoms with Crippen LogP contribution < -0.4 is 4.74 Å². The molecule has 1 heterocycles. The Morgan fingerprint density at radius 1 is 1.06 bits per heavy atom. The summed E-state index contributed by atoms with van der Waals surface area (Å²) in [7, 11) is 0. The molecule has 0 saturated heterocycles. The maximum atomic E-state index is 11.6. The Morgan fingerprint density at radius 2 is 1.74 bits per heavy atom. The van der Waals surface area contributed by atoms with Crippen LogP contribution in [0.2, 0.25) is 0 Å². The highest BCUT2D eigenvalue weighted by atomic mass is 16.6. The van der Waals surface area contributed by atoms with Crippen LogP contribution in [0.1, 0.15) is 78.7 Å². The third-order valence-corrected chi connectivity index (χ3v) is 5.58. The highest BCUT2D eigenvalue weighted by Gasteiger charge is 2.25. The molecule has 6 nitrogen and oxygen atoms in total. The molecule has 0 saturated carbocycles. The second kappa shape index (κ2) is 8.69. The molecule has 0 atom stereocenters. The summed E-state index contributed by atoms with van der Waals surface area (Å²) >= 11 is 0. The van der Waals surface area contributed by atoms with Crippen LogP contribution in [0, 0.1) is 10.1 Å². The van der Waals surface area contributed by atoms with E-state index in [-0.39, 0.29) is 22.3 Å². The van der Waals surface area contributed by atoms with Gasteiger partial charge in [-0.3, -0.25) is 10.1 Å². The molecule has 3 aromatic rings. The zero-order valence-corrected chi connectivity index (χ0v) is 19.3. The number of fused-ring (bicyclic) bond motifs is 1. The molecular formula is C25H32N2O4. The Labute approximate surface area is 183 Å². The SMILES string of the molecule is CCCCCC(C)(C)c1ccc(Oc2cc3nc(C(C)(C)C)oc3cc2[N+](=O)[O-])cc1. The van der Waals surface area contributed by atoms with Gasteiger partial charge in [0.15, 0.2) is 5.58 Å². The molecule has 0 aliphatic heterocycles. The summed E-state index contributed by atoms with van der Waals surface area (Å²) in [5.74, 6) is 1.24. The number of benzene rings is 2. The largest absolute Gasteiger partial charge is 0.450 e. The fourth-order valence-corrected chi connectivity index (χ4v) is 3.55. The first kappa shape index (κ1) is 22.8. The van der Waals surface area contributed by atoms with E-state index in [1.807, 2.05) is 45.0 Å². The van der Waals surface area contributed by atoms with E-state index in [0.717, 1.165) is 6.42 Å². The summed E-state index contributed by atoms with van der Waals surface area (Å²) in [6.45, 7) is 12.6. The van der Waals surface area contributed by atoms with Gasteiger partial charge in [0.25, 0.3) is 0 Å². The van der Waals surface area contributed by atoms with E-state index < -0.39 is 4.92 Å². The lowest BCUT2D eigenvalue weighted by Gasteiger charge is -2.25. The van der Waals surface area contributed by atoms with E-state index in [4.69, 9.17) is 9.15 Å². The molecule has 0 aliphatic carbocycles. The van der Waals surface area contributed by atoms with Gasteiger partial charge in [-0.1, -0.05) is 72.9 Å². The van der Waals surface area contributed by atoms with Crippen molar-refractivity contribution in [2.45, 2.75) is 78.1 Å². The second-order valence-electron chi connectivity index (χ2n) is 9.78. The van der Waals surface area contributed by atoms with Crippen LogP contribution in [0.15, 0.2) is 40.8 Å². The lowest BCUT2D eigenvalue weighted by atomic mass is 9.80. The summed E-state index contributed by atoms with van der Waals surface area (Å²) in [6.07, 6.45) is 4.75. The maximum absolute atomic E-state index is 11.6. The van der Waals surface area contributed by atoms with Crippen molar-refractivity contribution in [2.75, 3.05) is 0 Å². The van der Waals surface area contributed by atoms with Crippen LogP contribution in [-0.2, 0) is 10.8 Å². The number of hydrogen-bond acceptors (Lipinski definition) is 5. The Balaban J connectivity index is 1.88. The predicted molar refractivity (Wildman–Crippen MR) is 123 cm³/mol. The van der Waals surface area contributed by atoms with Crippen molar-refractivity contribution in [2.24, 2.45) is 0 Å². The van der Waals surface area contributed by atoms with Gasteiger partial charge in [-0.25, -0.2) is 4.98 Å². The summed E-state index contributed by atoms with van der Waals surface area (Å²) in [6, 6.07) is 10.8. The van der Waals surface area contributed by atoms with Crippen LogP contribution in [0.25, 0.3) is 11.1 Å². The fourth-order valence-electron chi connectivity index (χ4n) is 3.55. The number of aromatic nitrogens is 1. The first-order valence-corrected chi connectivity index (χ1v) is 10.9. The van der Waals surface area contributed by atoms with Crippen LogP contribution in [0.5, 0.6) is 11.5 Å². The number of rotatable bonds is 8. The van der Waals surface area contributed by atoms with Crippen molar-refractivity contribution in [1.29, 1.82) is 0 Å². The van der Waals surface area contributed by atoms with Gasteiger partial charge in [-0.15, -0.1) is 0 Å². The molecule has 2 aromatic carbocycles. The fraction of sp³-hybridized carbons (Fsp3) is 0.480. The number of ether oxygens (including phenoxy) is 1. The van der Waals surface area contributed by atoms with Crippen molar-refractivity contribution >= 4 is 16.8 Å². The van der Waals surface area contributed by atoms with E-state index in [1.54, 1.807) is 6.07 Å². The summed E-state index contributed by atoms with van der Waals surface area (Å²) < 4.78 is 11.7. The van der Waals surface area contributed by atoms with Gasteiger partial charge >= 0.3 is 5.69 Å². The molecule has 0 N–H and O–H groups in total. The quantitative estimate of drug-likeness (QED) is 0.210. The number of nitro benzene ring substituents is 1. The van der Waals surface area contributed by atoms with Gasteiger partial charge in [0.2, 0.25) is 11.6 Å². The highest BCUT2D eigenvalue weighted by molar-refractivity contribution is 5.79. The summed E-state index contributed by atoms with van der Waals surface area (Å²) in [4.78, 5) is 15.7. The Bertz CT molecular complexity index is 1060. The molecule has 31 heavy (non-hydrogen) atoms. The smallest absolute Gasteiger partial charge is 0.315 e. The van der Waals surface area contributed by atoms with Gasteiger partial charge < -0.3 is 9.15 Å².